The van der Waals surface area contributed by atoms with Crippen LogP contribution in [0.1, 0.15) is 39.5 Å². The van der Waals surface area contributed by atoms with Crippen molar-refractivity contribution in [2.75, 3.05) is 6.61 Å². The number of hydrogen-bond donors (Lipinski definition) is 2. The number of amides is 1. The van der Waals surface area contributed by atoms with Crippen LogP contribution in [0.5, 0.6) is 0 Å². The molecule has 98 valence electrons. The average molecular weight is 243 g/mol. The Morgan fingerprint density at radius 1 is 1.41 bits per heavy atom. The lowest BCUT2D eigenvalue weighted by molar-refractivity contribution is -0.142. The molecule has 1 rings (SSSR count). The molecule has 1 amide bonds. The van der Waals surface area contributed by atoms with Crippen LogP contribution in [0.3, 0.4) is 0 Å². The minimum Gasteiger partial charge on any atom is -0.480 e. The van der Waals surface area contributed by atoms with E-state index in [9.17, 15) is 9.59 Å². The highest BCUT2D eigenvalue weighted by atomic mass is 16.5. The zero-order valence-corrected chi connectivity index (χ0v) is 10.4. The van der Waals surface area contributed by atoms with Crippen molar-refractivity contribution >= 4 is 11.9 Å². The highest BCUT2D eigenvalue weighted by Crippen LogP contribution is 2.25. The second-order valence-corrected chi connectivity index (χ2v) is 4.74. The third kappa shape index (κ3) is 4.73. The van der Waals surface area contributed by atoms with Crippen LogP contribution in [0, 0.1) is 5.92 Å². The van der Waals surface area contributed by atoms with Gasteiger partial charge in [0.25, 0.3) is 0 Å². The molecule has 0 spiro atoms. The summed E-state index contributed by atoms with van der Waals surface area (Å²) in [5, 5.41) is 11.0. The Bertz CT molecular complexity index is 280. The lowest BCUT2D eigenvalue weighted by Crippen LogP contribution is -2.41. The Hall–Kier alpha value is -1.10. The summed E-state index contributed by atoms with van der Waals surface area (Å²) in [6.07, 6.45) is 4.63. The van der Waals surface area contributed by atoms with E-state index in [0.717, 1.165) is 19.3 Å². The maximum absolute atomic E-state index is 11.4. The predicted octanol–water partition coefficient (Wildman–Crippen LogP) is 1.17. The monoisotopic (exact) mass is 243 g/mol. The number of carbonyl (C=O) groups is 2. The van der Waals surface area contributed by atoms with Gasteiger partial charge in [0.1, 0.15) is 12.6 Å². The van der Waals surface area contributed by atoms with Crippen molar-refractivity contribution in [3.8, 4) is 0 Å². The van der Waals surface area contributed by atoms with Crippen molar-refractivity contribution < 1.29 is 19.4 Å². The molecule has 1 saturated carbocycles. The maximum atomic E-state index is 11.4. The fraction of sp³-hybridized carbons (Fsp3) is 0.833. The standard InChI is InChI=1S/C12H21NO4/c1-8-5-3-4-6-10(8)17-7-11(14)13-9(2)12(15)16/h8-10H,3-7H2,1-2H3,(H,13,14)(H,15,16)/t8-,9+,10+/m1/s1. The molecule has 0 bridgehead atoms. The van der Waals surface area contributed by atoms with Crippen molar-refractivity contribution in [1.82, 2.24) is 5.32 Å². The van der Waals surface area contributed by atoms with Crippen LogP contribution in [-0.4, -0.2) is 35.7 Å². The summed E-state index contributed by atoms with van der Waals surface area (Å²) < 4.78 is 5.53. The summed E-state index contributed by atoms with van der Waals surface area (Å²) in [5.74, 6) is -0.921. The second-order valence-electron chi connectivity index (χ2n) is 4.74. The molecular formula is C12H21NO4. The lowest BCUT2D eigenvalue weighted by atomic mass is 9.88. The molecule has 1 aliphatic carbocycles. The number of carboxylic acid groups (broad SMARTS) is 1. The van der Waals surface area contributed by atoms with E-state index in [1.54, 1.807) is 0 Å². The molecule has 0 aromatic carbocycles. The van der Waals surface area contributed by atoms with Crippen molar-refractivity contribution in [3.05, 3.63) is 0 Å². The Labute approximate surface area is 102 Å². The Morgan fingerprint density at radius 3 is 2.65 bits per heavy atom. The fourth-order valence-electron chi connectivity index (χ4n) is 2.06. The van der Waals surface area contributed by atoms with Crippen LogP contribution >= 0.6 is 0 Å². The molecule has 5 heteroatoms. The molecule has 3 atom stereocenters. The molecule has 1 fully saturated rings. The molecule has 0 unspecified atom stereocenters. The van der Waals surface area contributed by atoms with E-state index in [1.165, 1.54) is 13.3 Å². The van der Waals surface area contributed by atoms with Crippen LogP contribution in [0.4, 0.5) is 0 Å². The maximum Gasteiger partial charge on any atom is 0.325 e. The highest BCUT2D eigenvalue weighted by molar-refractivity contribution is 5.83. The number of rotatable bonds is 5. The topological polar surface area (TPSA) is 75.6 Å². The molecule has 0 aliphatic heterocycles. The van der Waals surface area contributed by atoms with Crippen molar-refractivity contribution in [2.45, 2.75) is 51.7 Å². The van der Waals surface area contributed by atoms with Gasteiger partial charge >= 0.3 is 5.97 Å². The van der Waals surface area contributed by atoms with E-state index in [2.05, 4.69) is 12.2 Å². The summed E-state index contributed by atoms with van der Waals surface area (Å²) in [6.45, 7) is 3.51. The van der Waals surface area contributed by atoms with Gasteiger partial charge in [-0.05, 0) is 25.7 Å². The SMILES string of the molecule is C[C@H](NC(=O)CO[C@H]1CCCC[C@H]1C)C(=O)O. The lowest BCUT2D eigenvalue weighted by Gasteiger charge is -2.28. The van der Waals surface area contributed by atoms with Gasteiger partial charge in [-0.15, -0.1) is 0 Å². The van der Waals surface area contributed by atoms with Crippen molar-refractivity contribution in [3.63, 3.8) is 0 Å². The number of aliphatic carboxylic acids is 1. The number of carboxylic acids is 1. The molecular weight excluding hydrogens is 222 g/mol. The third-order valence-corrected chi connectivity index (χ3v) is 3.21. The number of hydrogen-bond acceptors (Lipinski definition) is 3. The molecule has 0 aromatic rings. The van der Waals surface area contributed by atoms with Gasteiger partial charge in [0.05, 0.1) is 6.10 Å². The number of ether oxygens (including phenoxy) is 1. The van der Waals surface area contributed by atoms with E-state index >= 15 is 0 Å². The zero-order chi connectivity index (χ0) is 12.8. The normalized spacial score (nSPS) is 26.2. The van der Waals surface area contributed by atoms with E-state index in [0.29, 0.717) is 5.92 Å². The van der Waals surface area contributed by atoms with Gasteiger partial charge in [-0.2, -0.15) is 0 Å². The summed E-state index contributed by atoms with van der Waals surface area (Å²) in [7, 11) is 0. The van der Waals surface area contributed by atoms with Gasteiger partial charge in [-0.1, -0.05) is 19.8 Å². The van der Waals surface area contributed by atoms with E-state index in [1.807, 2.05) is 0 Å². The minimum atomic E-state index is -1.04. The van der Waals surface area contributed by atoms with E-state index in [-0.39, 0.29) is 18.6 Å². The predicted molar refractivity (Wildman–Crippen MR) is 62.6 cm³/mol. The van der Waals surface area contributed by atoms with Crippen LogP contribution < -0.4 is 5.32 Å². The molecule has 17 heavy (non-hydrogen) atoms. The van der Waals surface area contributed by atoms with E-state index < -0.39 is 12.0 Å². The van der Waals surface area contributed by atoms with Crippen LogP contribution in [0.15, 0.2) is 0 Å². The van der Waals surface area contributed by atoms with Crippen LogP contribution in [-0.2, 0) is 14.3 Å². The van der Waals surface area contributed by atoms with Gasteiger partial charge in [0, 0.05) is 0 Å². The van der Waals surface area contributed by atoms with Gasteiger partial charge in [0.2, 0.25) is 5.91 Å². The first-order valence-corrected chi connectivity index (χ1v) is 6.14. The fourth-order valence-corrected chi connectivity index (χ4v) is 2.06. The minimum absolute atomic E-state index is 0.0490. The van der Waals surface area contributed by atoms with Gasteiger partial charge in [0.15, 0.2) is 0 Å². The molecule has 0 aromatic heterocycles. The van der Waals surface area contributed by atoms with Gasteiger partial charge in [-0.3, -0.25) is 9.59 Å². The average Bonchev–Trinajstić information content (AvgIpc) is 2.27. The van der Waals surface area contributed by atoms with Crippen LogP contribution in [0.25, 0.3) is 0 Å². The molecule has 5 nitrogen and oxygen atoms in total. The van der Waals surface area contributed by atoms with Crippen molar-refractivity contribution in [1.29, 1.82) is 0 Å². The smallest absolute Gasteiger partial charge is 0.325 e. The first kappa shape index (κ1) is 14.0. The number of carbonyl (C=O) groups excluding carboxylic acids is 1. The first-order chi connectivity index (χ1) is 8.00. The number of nitrogens with one attached hydrogen (secondary N) is 1. The van der Waals surface area contributed by atoms with Gasteiger partial charge in [-0.25, -0.2) is 0 Å². The van der Waals surface area contributed by atoms with Crippen LogP contribution in [0.2, 0.25) is 0 Å². The highest BCUT2D eigenvalue weighted by Gasteiger charge is 2.23. The summed E-state index contributed by atoms with van der Waals surface area (Å²) in [5.41, 5.74) is 0. The third-order valence-electron chi connectivity index (χ3n) is 3.21. The molecule has 0 heterocycles. The summed E-state index contributed by atoms with van der Waals surface area (Å²) in [6, 6.07) is -0.866. The first-order valence-electron chi connectivity index (χ1n) is 6.14. The van der Waals surface area contributed by atoms with Crippen molar-refractivity contribution in [2.24, 2.45) is 5.92 Å². The molecule has 0 saturated heterocycles. The second kappa shape index (κ2) is 6.59. The van der Waals surface area contributed by atoms with Gasteiger partial charge < -0.3 is 15.2 Å². The Balaban J connectivity index is 2.25. The summed E-state index contributed by atoms with van der Waals surface area (Å²) >= 11 is 0. The molecule has 1 aliphatic rings. The quantitative estimate of drug-likeness (QED) is 0.760. The Morgan fingerprint density at radius 2 is 2.06 bits per heavy atom. The molecule has 2 N–H and O–H groups in total. The summed E-state index contributed by atoms with van der Waals surface area (Å²) in [4.78, 5) is 21.9. The van der Waals surface area contributed by atoms with E-state index in [4.69, 9.17) is 9.84 Å². The zero-order valence-electron chi connectivity index (χ0n) is 10.4. The Kier molecular flexibility index (Phi) is 5.41. The largest absolute Gasteiger partial charge is 0.480 e. The molecule has 0 radical (unpaired) electrons.